The molecule has 1 amide bonds. The minimum absolute atomic E-state index is 0.0398. The molecule has 0 radical (unpaired) electrons. The van der Waals surface area contributed by atoms with Crippen molar-refractivity contribution >= 4 is 17.7 Å². The number of benzene rings is 1. The predicted octanol–water partition coefficient (Wildman–Crippen LogP) is 1.90. The van der Waals surface area contributed by atoms with Crippen LogP contribution in [0.1, 0.15) is 12.8 Å². The summed E-state index contributed by atoms with van der Waals surface area (Å²) >= 11 is 1.20. The van der Waals surface area contributed by atoms with Gasteiger partial charge in [0.2, 0.25) is 5.91 Å². The fourth-order valence-electron chi connectivity index (χ4n) is 1.97. The zero-order valence-corrected chi connectivity index (χ0v) is 10.8. The van der Waals surface area contributed by atoms with Crippen LogP contribution in [0.3, 0.4) is 0 Å². The number of aliphatic hydroxyl groups is 1. The average Bonchev–Trinajstić information content (AvgIpc) is 2.37. The number of aliphatic hydroxyl groups excluding tert-OH is 1. The molecule has 1 N–H and O–H groups in total. The van der Waals surface area contributed by atoms with Gasteiger partial charge in [0.1, 0.15) is 5.82 Å². The molecular formula is C13H16FNO2S. The lowest BCUT2D eigenvalue weighted by Crippen LogP contribution is -2.42. The van der Waals surface area contributed by atoms with E-state index in [0.29, 0.717) is 18.0 Å². The number of carbonyl (C=O) groups excluding carboxylic acids is 1. The number of thioether (sulfide) groups is 1. The van der Waals surface area contributed by atoms with Crippen molar-refractivity contribution in [3.05, 3.63) is 30.1 Å². The van der Waals surface area contributed by atoms with Gasteiger partial charge in [-0.05, 0) is 25.0 Å². The molecule has 1 fully saturated rings. The van der Waals surface area contributed by atoms with E-state index in [4.69, 9.17) is 0 Å². The zero-order chi connectivity index (χ0) is 13.0. The summed E-state index contributed by atoms with van der Waals surface area (Å²) in [7, 11) is 0. The molecule has 98 valence electrons. The van der Waals surface area contributed by atoms with Gasteiger partial charge in [-0.15, -0.1) is 11.8 Å². The molecule has 5 heteroatoms. The predicted molar refractivity (Wildman–Crippen MR) is 68.9 cm³/mol. The topological polar surface area (TPSA) is 40.5 Å². The number of rotatable bonds is 3. The largest absolute Gasteiger partial charge is 0.391 e. The molecule has 0 aliphatic carbocycles. The van der Waals surface area contributed by atoms with Gasteiger partial charge < -0.3 is 10.0 Å². The third kappa shape index (κ3) is 3.46. The molecule has 1 aromatic rings. The van der Waals surface area contributed by atoms with Crippen LogP contribution in [0.5, 0.6) is 0 Å². The van der Waals surface area contributed by atoms with Gasteiger partial charge in [0, 0.05) is 18.0 Å². The third-order valence-corrected chi connectivity index (χ3v) is 3.97. The molecule has 1 atom stereocenters. The van der Waals surface area contributed by atoms with Crippen molar-refractivity contribution in [2.45, 2.75) is 23.8 Å². The number of amides is 1. The van der Waals surface area contributed by atoms with Crippen LogP contribution in [0.25, 0.3) is 0 Å². The van der Waals surface area contributed by atoms with Gasteiger partial charge >= 0.3 is 0 Å². The highest BCUT2D eigenvalue weighted by Crippen LogP contribution is 2.22. The van der Waals surface area contributed by atoms with E-state index in [1.54, 1.807) is 23.1 Å². The molecule has 2 rings (SSSR count). The maximum absolute atomic E-state index is 13.4. The summed E-state index contributed by atoms with van der Waals surface area (Å²) in [6, 6.07) is 6.43. The molecule has 0 aromatic heterocycles. The van der Waals surface area contributed by atoms with E-state index in [-0.39, 0.29) is 17.5 Å². The zero-order valence-electron chi connectivity index (χ0n) is 10.0. The Bertz CT molecular complexity index is 427. The molecule has 0 saturated carbocycles. The fraction of sp³-hybridized carbons (Fsp3) is 0.462. The monoisotopic (exact) mass is 269 g/mol. The first kappa shape index (κ1) is 13.4. The molecule has 1 heterocycles. The molecule has 0 bridgehead atoms. The number of nitrogens with zero attached hydrogens (tertiary/aromatic N) is 1. The van der Waals surface area contributed by atoms with Crippen LogP contribution in [0.4, 0.5) is 4.39 Å². The van der Waals surface area contributed by atoms with Gasteiger partial charge in [-0.1, -0.05) is 12.1 Å². The first-order valence-electron chi connectivity index (χ1n) is 6.00. The third-order valence-electron chi connectivity index (χ3n) is 2.94. The summed E-state index contributed by atoms with van der Waals surface area (Å²) in [5, 5.41) is 9.50. The van der Waals surface area contributed by atoms with Crippen molar-refractivity contribution in [2.24, 2.45) is 0 Å². The lowest BCUT2D eigenvalue weighted by Gasteiger charge is -2.30. The van der Waals surface area contributed by atoms with E-state index in [1.807, 2.05) is 0 Å². The highest BCUT2D eigenvalue weighted by Gasteiger charge is 2.22. The lowest BCUT2D eigenvalue weighted by molar-refractivity contribution is -0.131. The Labute approximate surface area is 110 Å². The number of halogens is 1. The van der Waals surface area contributed by atoms with Crippen LogP contribution in [0, 0.1) is 5.82 Å². The number of likely N-dealkylation sites (tertiary alicyclic amines) is 1. The van der Waals surface area contributed by atoms with E-state index in [1.165, 1.54) is 17.8 Å². The number of carbonyl (C=O) groups is 1. The SMILES string of the molecule is O=C(CSc1ccccc1F)N1CCC[C@H](O)C1. The molecule has 0 spiro atoms. The number of hydrogen-bond donors (Lipinski definition) is 1. The number of hydrogen-bond acceptors (Lipinski definition) is 3. The molecule has 3 nitrogen and oxygen atoms in total. The molecule has 1 aromatic carbocycles. The smallest absolute Gasteiger partial charge is 0.233 e. The van der Waals surface area contributed by atoms with Gasteiger partial charge in [-0.25, -0.2) is 4.39 Å². The summed E-state index contributed by atoms with van der Waals surface area (Å²) in [5.74, 6) is -0.121. The highest BCUT2D eigenvalue weighted by atomic mass is 32.2. The molecule has 0 unspecified atom stereocenters. The highest BCUT2D eigenvalue weighted by molar-refractivity contribution is 8.00. The van der Waals surface area contributed by atoms with Crippen molar-refractivity contribution in [3.8, 4) is 0 Å². The van der Waals surface area contributed by atoms with Crippen LogP contribution in [-0.4, -0.2) is 40.9 Å². The van der Waals surface area contributed by atoms with Crippen LogP contribution in [-0.2, 0) is 4.79 Å². The normalized spacial score (nSPS) is 19.9. The summed E-state index contributed by atoms with van der Waals surface area (Å²) in [6.45, 7) is 1.09. The van der Waals surface area contributed by atoms with E-state index >= 15 is 0 Å². The van der Waals surface area contributed by atoms with Crippen LogP contribution in [0.2, 0.25) is 0 Å². The second kappa shape index (κ2) is 6.20. The summed E-state index contributed by atoms with van der Waals surface area (Å²) in [5.41, 5.74) is 0. The Balaban J connectivity index is 1.86. The lowest BCUT2D eigenvalue weighted by atomic mass is 10.1. The van der Waals surface area contributed by atoms with Crippen molar-refractivity contribution in [1.82, 2.24) is 4.90 Å². The van der Waals surface area contributed by atoms with Crippen molar-refractivity contribution in [1.29, 1.82) is 0 Å². The maximum atomic E-state index is 13.4. The van der Waals surface area contributed by atoms with E-state index in [0.717, 1.165) is 12.8 Å². The van der Waals surface area contributed by atoms with Crippen molar-refractivity contribution in [3.63, 3.8) is 0 Å². The van der Waals surface area contributed by atoms with Gasteiger partial charge in [0.15, 0.2) is 0 Å². The number of β-amino-alcohol motifs (C(OH)–C–C–N with tert-alkyl or cyclic N) is 1. The first-order chi connectivity index (χ1) is 8.66. The maximum Gasteiger partial charge on any atom is 0.233 e. The molecule has 1 aliphatic heterocycles. The van der Waals surface area contributed by atoms with Gasteiger partial charge in [-0.3, -0.25) is 4.79 Å². The van der Waals surface area contributed by atoms with Gasteiger partial charge in [0.25, 0.3) is 0 Å². The Hall–Kier alpha value is -1.07. The first-order valence-corrected chi connectivity index (χ1v) is 6.98. The van der Waals surface area contributed by atoms with E-state index in [2.05, 4.69) is 0 Å². The molecule has 1 saturated heterocycles. The van der Waals surface area contributed by atoms with Crippen LogP contribution in [0.15, 0.2) is 29.2 Å². The van der Waals surface area contributed by atoms with Crippen LogP contribution < -0.4 is 0 Å². The van der Waals surface area contributed by atoms with Crippen LogP contribution >= 0.6 is 11.8 Å². The van der Waals surface area contributed by atoms with Gasteiger partial charge in [-0.2, -0.15) is 0 Å². The average molecular weight is 269 g/mol. The second-order valence-electron chi connectivity index (χ2n) is 4.35. The van der Waals surface area contributed by atoms with Gasteiger partial charge in [0.05, 0.1) is 11.9 Å². The number of piperidine rings is 1. The minimum Gasteiger partial charge on any atom is -0.391 e. The molecule has 1 aliphatic rings. The Morgan fingerprint density at radius 3 is 3.00 bits per heavy atom. The van der Waals surface area contributed by atoms with E-state index < -0.39 is 6.10 Å². The Morgan fingerprint density at radius 1 is 1.50 bits per heavy atom. The Kier molecular flexibility index (Phi) is 4.60. The standard InChI is InChI=1S/C13H16FNO2S/c14-11-5-1-2-6-12(11)18-9-13(17)15-7-3-4-10(16)8-15/h1-2,5-6,10,16H,3-4,7-9H2/t10-/m0/s1. The molecule has 18 heavy (non-hydrogen) atoms. The fourth-order valence-corrected chi connectivity index (χ4v) is 2.82. The second-order valence-corrected chi connectivity index (χ2v) is 5.37. The van der Waals surface area contributed by atoms with Crippen molar-refractivity contribution in [2.75, 3.05) is 18.8 Å². The minimum atomic E-state index is -0.416. The Morgan fingerprint density at radius 2 is 2.28 bits per heavy atom. The van der Waals surface area contributed by atoms with E-state index in [9.17, 15) is 14.3 Å². The summed E-state index contributed by atoms with van der Waals surface area (Å²) < 4.78 is 13.4. The van der Waals surface area contributed by atoms with Crippen molar-refractivity contribution < 1.29 is 14.3 Å². The summed E-state index contributed by atoms with van der Waals surface area (Å²) in [4.78, 5) is 14.0. The summed E-state index contributed by atoms with van der Waals surface area (Å²) in [6.07, 6.45) is 1.17. The molecular weight excluding hydrogens is 253 g/mol. The quantitative estimate of drug-likeness (QED) is 0.852.